The Kier molecular flexibility index (Phi) is 7.14. The average Bonchev–Trinajstić information content (AvgIpc) is 3.48. The molecular weight excluding hydrogens is 392 g/mol. The minimum atomic E-state index is 0.450. The van der Waals surface area contributed by atoms with Crippen molar-refractivity contribution in [2.24, 2.45) is 11.7 Å². The van der Waals surface area contributed by atoms with E-state index < -0.39 is 0 Å². The van der Waals surface area contributed by atoms with Crippen molar-refractivity contribution < 1.29 is 14.0 Å². The third kappa shape index (κ3) is 5.61. The molecule has 1 aromatic carbocycles. The lowest BCUT2D eigenvalue weighted by atomic mass is 10.1. The van der Waals surface area contributed by atoms with Gasteiger partial charge in [0.15, 0.2) is 5.82 Å². The highest BCUT2D eigenvalue weighted by atomic mass is 16.5. The summed E-state index contributed by atoms with van der Waals surface area (Å²) in [5, 5.41) is 4.16. The first kappa shape index (κ1) is 21.3. The van der Waals surface area contributed by atoms with E-state index in [9.17, 15) is 0 Å². The van der Waals surface area contributed by atoms with E-state index in [4.69, 9.17) is 19.7 Å². The molecule has 7 heteroatoms. The molecule has 0 spiro atoms. The van der Waals surface area contributed by atoms with Crippen LogP contribution in [0.2, 0.25) is 0 Å². The summed E-state index contributed by atoms with van der Waals surface area (Å²) in [5.41, 5.74) is 8.55. The van der Waals surface area contributed by atoms with Gasteiger partial charge in [-0.25, -0.2) is 4.98 Å². The van der Waals surface area contributed by atoms with Crippen molar-refractivity contribution >= 4 is 0 Å². The number of nitrogens with two attached hydrogens (primary N) is 1. The van der Waals surface area contributed by atoms with Gasteiger partial charge in [0.05, 0.1) is 6.61 Å². The van der Waals surface area contributed by atoms with Crippen LogP contribution in [0.5, 0.6) is 11.6 Å². The van der Waals surface area contributed by atoms with E-state index in [1.54, 1.807) is 6.20 Å². The Hall–Kier alpha value is -2.93. The number of aromatic nitrogens is 3. The van der Waals surface area contributed by atoms with Crippen LogP contribution in [0.15, 0.2) is 41.1 Å². The number of aryl methyl sites for hydroxylation is 3. The summed E-state index contributed by atoms with van der Waals surface area (Å²) in [6.07, 6.45) is 8.27. The lowest BCUT2D eigenvalue weighted by Gasteiger charge is -2.11. The molecule has 2 aromatic heterocycles. The Morgan fingerprint density at radius 3 is 2.81 bits per heavy atom. The fraction of sp³-hybridized carbons (Fsp3) is 0.458. The van der Waals surface area contributed by atoms with Crippen molar-refractivity contribution in [3.05, 3.63) is 53.5 Å². The van der Waals surface area contributed by atoms with Crippen LogP contribution in [0.1, 0.15) is 42.6 Å². The topological polar surface area (TPSA) is 96.3 Å². The lowest BCUT2D eigenvalue weighted by molar-refractivity contribution is 0.244. The first-order valence-corrected chi connectivity index (χ1v) is 11.1. The Bertz CT molecular complexity index is 982. The van der Waals surface area contributed by atoms with E-state index in [-0.39, 0.29) is 0 Å². The van der Waals surface area contributed by atoms with E-state index in [2.05, 4.69) is 27.3 Å². The number of rotatable bonds is 10. The number of benzene rings is 1. The summed E-state index contributed by atoms with van der Waals surface area (Å²) >= 11 is 0. The highest BCUT2D eigenvalue weighted by molar-refractivity contribution is 5.59. The summed E-state index contributed by atoms with van der Waals surface area (Å²) in [6.45, 7) is 3.75. The monoisotopic (exact) mass is 422 g/mol. The Balaban J connectivity index is 1.38. The van der Waals surface area contributed by atoms with Crippen LogP contribution in [0.4, 0.5) is 0 Å². The quantitative estimate of drug-likeness (QED) is 0.525. The standard InChI is InChI=1S/C24H30N4O3/c1-17-15-18(8-10-21(17)29-14-12-25)9-11-22-27-24(31-28-22)20-7-4-13-26-23(20)30-16-19-5-2-3-6-19/h4,7-8,10,13,15,19H,2-3,5-6,9,11-12,14,16,25H2,1H3. The van der Waals surface area contributed by atoms with Crippen LogP contribution in [0, 0.1) is 12.8 Å². The van der Waals surface area contributed by atoms with Gasteiger partial charge < -0.3 is 19.7 Å². The average molecular weight is 423 g/mol. The minimum Gasteiger partial charge on any atom is -0.492 e. The molecule has 0 aliphatic heterocycles. The van der Waals surface area contributed by atoms with Gasteiger partial charge in [0.1, 0.15) is 17.9 Å². The molecule has 2 N–H and O–H groups in total. The van der Waals surface area contributed by atoms with Crippen LogP contribution in [-0.2, 0) is 12.8 Å². The maximum atomic E-state index is 6.01. The summed E-state index contributed by atoms with van der Waals surface area (Å²) in [7, 11) is 0. The molecule has 0 bridgehead atoms. The molecule has 164 valence electrons. The van der Waals surface area contributed by atoms with Gasteiger partial charge in [-0.05, 0) is 61.4 Å². The molecule has 4 rings (SSSR count). The van der Waals surface area contributed by atoms with E-state index in [0.717, 1.165) is 23.3 Å². The second-order valence-corrected chi connectivity index (χ2v) is 8.07. The van der Waals surface area contributed by atoms with E-state index in [1.807, 2.05) is 25.1 Å². The van der Waals surface area contributed by atoms with Crippen molar-refractivity contribution in [2.45, 2.75) is 45.4 Å². The van der Waals surface area contributed by atoms with E-state index in [0.29, 0.717) is 49.7 Å². The predicted octanol–water partition coefficient (Wildman–Crippen LogP) is 4.13. The number of nitrogens with zero attached hydrogens (tertiary/aromatic N) is 3. The van der Waals surface area contributed by atoms with Gasteiger partial charge in [-0.2, -0.15) is 4.98 Å². The molecule has 0 atom stereocenters. The molecule has 31 heavy (non-hydrogen) atoms. The van der Waals surface area contributed by atoms with Gasteiger partial charge in [-0.15, -0.1) is 0 Å². The van der Waals surface area contributed by atoms with Crippen LogP contribution < -0.4 is 15.2 Å². The number of pyridine rings is 1. The van der Waals surface area contributed by atoms with Crippen LogP contribution in [-0.4, -0.2) is 34.9 Å². The highest BCUT2D eigenvalue weighted by Crippen LogP contribution is 2.29. The Morgan fingerprint density at radius 2 is 2.00 bits per heavy atom. The highest BCUT2D eigenvalue weighted by Gasteiger charge is 2.19. The molecule has 1 aliphatic rings. The SMILES string of the molecule is Cc1cc(CCc2noc(-c3cccnc3OCC3CCCC3)n2)ccc1OCCN. The first-order chi connectivity index (χ1) is 15.2. The van der Waals surface area contributed by atoms with Crippen molar-refractivity contribution in [3.63, 3.8) is 0 Å². The normalized spacial score (nSPS) is 14.1. The second-order valence-electron chi connectivity index (χ2n) is 8.07. The van der Waals surface area contributed by atoms with Gasteiger partial charge in [0.2, 0.25) is 5.88 Å². The predicted molar refractivity (Wildman–Crippen MR) is 118 cm³/mol. The van der Waals surface area contributed by atoms with E-state index in [1.165, 1.54) is 31.2 Å². The molecule has 7 nitrogen and oxygen atoms in total. The molecule has 0 unspecified atom stereocenters. The molecule has 2 heterocycles. The van der Waals surface area contributed by atoms with Crippen LogP contribution in [0.3, 0.4) is 0 Å². The second kappa shape index (κ2) is 10.4. The van der Waals surface area contributed by atoms with Crippen molar-refractivity contribution in [1.82, 2.24) is 15.1 Å². The largest absolute Gasteiger partial charge is 0.492 e. The molecule has 1 fully saturated rings. The molecule has 0 amide bonds. The third-order valence-corrected chi connectivity index (χ3v) is 5.65. The van der Waals surface area contributed by atoms with Crippen molar-refractivity contribution in [3.8, 4) is 23.1 Å². The zero-order chi connectivity index (χ0) is 21.5. The van der Waals surface area contributed by atoms with Gasteiger partial charge >= 0.3 is 0 Å². The van der Waals surface area contributed by atoms with Gasteiger partial charge in [-0.1, -0.05) is 30.1 Å². The van der Waals surface area contributed by atoms with Crippen molar-refractivity contribution in [2.75, 3.05) is 19.8 Å². The summed E-state index contributed by atoms with van der Waals surface area (Å²) in [6, 6.07) is 9.96. The first-order valence-electron chi connectivity index (χ1n) is 11.1. The summed E-state index contributed by atoms with van der Waals surface area (Å²) in [4.78, 5) is 8.97. The number of hydrogen-bond acceptors (Lipinski definition) is 7. The van der Waals surface area contributed by atoms with Crippen LogP contribution in [0.25, 0.3) is 11.5 Å². The fourth-order valence-corrected chi connectivity index (χ4v) is 3.96. The number of ether oxygens (including phenoxy) is 2. The zero-order valence-electron chi connectivity index (χ0n) is 18.0. The fourth-order valence-electron chi connectivity index (χ4n) is 3.96. The Labute approximate surface area is 183 Å². The van der Waals surface area contributed by atoms with Gasteiger partial charge in [-0.3, -0.25) is 0 Å². The van der Waals surface area contributed by atoms with Gasteiger partial charge in [0.25, 0.3) is 5.89 Å². The maximum absolute atomic E-state index is 6.01. The lowest BCUT2D eigenvalue weighted by Crippen LogP contribution is -2.11. The molecule has 1 aliphatic carbocycles. The molecule has 0 radical (unpaired) electrons. The molecule has 3 aromatic rings. The van der Waals surface area contributed by atoms with Gasteiger partial charge in [0, 0.05) is 19.2 Å². The minimum absolute atomic E-state index is 0.450. The smallest absolute Gasteiger partial charge is 0.263 e. The molecule has 0 saturated heterocycles. The van der Waals surface area contributed by atoms with E-state index >= 15 is 0 Å². The Morgan fingerprint density at radius 1 is 1.13 bits per heavy atom. The van der Waals surface area contributed by atoms with Crippen molar-refractivity contribution in [1.29, 1.82) is 0 Å². The zero-order valence-corrected chi connectivity index (χ0v) is 18.0. The molecular formula is C24H30N4O3. The summed E-state index contributed by atoms with van der Waals surface area (Å²) < 4.78 is 17.2. The maximum Gasteiger partial charge on any atom is 0.263 e. The number of hydrogen-bond donors (Lipinski definition) is 1. The third-order valence-electron chi connectivity index (χ3n) is 5.65. The van der Waals surface area contributed by atoms with Crippen LogP contribution >= 0.6 is 0 Å². The molecule has 1 saturated carbocycles. The summed E-state index contributed by atoms with van der Waals surface area (Å²) in [5.74, 6) is 3.17.